The van der Waals surface area contributed by atoms with Gasteiger partial charge in [0, 0.05) is 31.0 Å². The van der Waals surface area contributed by atoms with Crippen LogP contribution in [0.4, 0.5) is 11.5 Å². The van der Waals surface area contributed by atoms with Crippen LogP contribution in [0.25, 0.3) is 0 Å². The molecule has 6 nitrogen and oxygen atoms in total. The Morgan fingerprint density at radius 2 is 2.44 bits per heavy atom. The lowest BCUT2D eigenvalue weighted by Gasteiger charge is -2.43. The Balaban J connectivity index is 2.20. The van der Waals surface area contributed by atoms with Gasteiger partial charge in [0.25, 0.3) is 0 Å². The van der Waals surface area contributed by atoms with E-state index in [1.54, 1.807) is 6.20 Å². The molecule has 1 unspecified atom stereocenters. The fourth-order valence-corrected chi connectivity index (χ4v) is 2.28. The van der Waals surface area contributed by atoms with Crippen LogP contribution < -0.4 is 16.2 Å². The van der Waals surface area contributed by atoms with Crippen LogP contribution in [0.1, 0.15) is 13.8 Å². The molecular weight excluding hydrogens is 232 g/mol. The maximum atomic E-state index is 9.29. The first kappa shape index (κ1) is 13.1. The summed E-state index contributed by atoms with van der Waals surface area (Å²) >= 11 is 0. The zero-order valence-electron chi connectivity index (χ0n) is 10.8. The number of nitrogen functional groups attached to an aromatic ring is 1. The van der Waals surface area contributed by atoms with Gasteiger partial charge in [0.15, 0.2) is 0 Å². The van der Waals surface area contributed by atoms with Crippen LogP contribution in [0.15, 0.2) is 18.3 Å². The lowest BCUT2D eigenvalue weighted by atomic mass is 10.0. The number of hydrogen-bond acceptors (Lipinski definition) is 6. The van der Waals surface area contributed by atoms with Crippen LogP contribution in [0, 0.1) is 0 Å². The summed E-state index contributed by atoms with van der Waals surface area (Å²) in [6.45, 7) is 5.48. The molecular formula is C12H20N4O2. The van der Waals surface area contributed by atoms with Crippen LogP contribution in [0.2, 0.25) is 0 Å². The number of aliphatic hydroxyl groups excluding tert-OH is 1. The molecule has 0 saturated carbocycles. The number of morpholine rings is 1. The second kappa shape index (κ2) is 5.09. The van der Waals surface area contributed by atoms with Crippen molar-refractivity contribution in [3.05, 3.63) is 18.3 Å². The summed E-state index contributed by atoms with van der Waals surface area (Å²) in [6, 6.07) is 3.81. The SMILES string of the molecule is CC1(C)CN(c2ccnc(NN)c2)CC(CO)O1. The number of aliphatic hydroxyl groups is 1. The Bertz CT molecular complexity index is 411. The monoisotopic (exact) mass is 252 g/mol. The van der Waals surface area contributed by atoms with E-state index in [1.807, 2.05) is 26.0 Å². The molecule has 0 radical (unpaired) electrons. The molecule has 100 valence electrons. The second-order valence-corrected chi connectivity index (χ2v) is 5.11. The van der Waals surface area contributed by atoms with Gasteiger partial charge in [0.2, 0.25) is 0 Å². The molecule has 0 aromatic carbocycles. The maximum absolute atomic E-state index is 9.29. The number of pyridine rings is 1. The van der Waals surface area contributed by atoms with E-state index in [4.69, 9.17) is 10.6 Å². The van der Waals surface area contributed by atoms with Crippen molar-refractivity contribution in [2.24, 2.45) is 5.84 Å². The van der Waals surface area contributed by atoms with Gasteiger partial charge in [-0.3, -0.25) is 0 Å². The molecule has 1 saturated heterocycles. The first-order valence-corrected chi connectivity index (χ1v) is 6.00. The highest BCUT2D eigenvalue weighted by Crippen LogP contribution is 2.26. The fraction of sp³-hybridized carbons (Fsp3) is 0.583. The highest BCUT2D eigenvalue weighted by atomic mass is 16.5. The average molecular weight is 252 g/mol. The summed E-state index contributed by atoms with van der Waals surface area (Å²) in [7, 11) is 0. The normalized spacial score (nSPS) is 22.9. The van der Waals surface area contributed by atoms with Gasteiger partial charge in [-0.25, -0.2) is 10.8 Å². The third-order valence-corrected chi connectivity index (χ3v) is 2.94. The molecule has 1 aromatic rings. The van der Waals surface area contributed by atoms with Crippen molar-refractivity contribution in [2.45, 2.75) is 25.6 Å². The average Bonchev–Trinajstić information content (AvgIpc) is 2.37. The van der Waals surface area contributed by atoms with Crippen LogP contribution in [-0.4, -0.2) is 41.5 Å². The van der Waals surface area contributed by atoms with Crippen molar-refractivity contribution in [1.82, 2.24) is 4.98 Å². The van der Waals surface area contributed by atoms with Gasteiger partial charge in [-0.15, -0.1) is 0 Å². The molecule has 1 aromatic heterocycles. The van der Waals surface area contributed by atoms with E-state index in [9.17, 15) is 5.11 Å². The van der Waals surface area contributed by atoms with Gasteiger partial charge in [-0.05, 0) is 19.9 Å². The van der Waals surface area contributed by atoms with Crippen molar-refractivity contribution in [1.29, 1.82) is 0 Å². The molecule has 0 aliphatic carbocycles. The first-order chi connectivity index (χ1) is 8.54. The summed E-state index contributed by atoms with van der Waals surface area (Å²) in [5, 5.41) is 9.29. The van der Waals surface area contributed by atoms with Crippen molar-refractivity contribution in [2.75, 3.05) is 30.0 Å². The second-order valence-electron chi connectivity index (χ2n) is 5.11. The molecule has 0 spiro atoms. The summed E-state index contributed by atoms with van der Waals surface area (Å²) in [5.74, 6) is 5.98. The largest absolute Gasteiger partial charge is 0.394 e. The number of nitrogens with zero attached hydrogens (tertiary/aromatic N) is 2. The summed E-state index contributed by atoms with van der Waals surface area (Å²) < 4.78 is 5.78. The zero-order valence-corrected chi connectivity index (χ0v) is 10.8. The molecule has 0 bridgehead atoms. The Morgan fingerprint density at radius 1 is 1.67 bits per heavy atom. The summed E-state index contributed by atoms with van der Waals surface area (Å²) in [6.07, 6.45) is 1.54. The number of anilines is 2. The maximum Gasteiger partial charge on any atom is 0.141 e. The molecule has 1 fully saturated rings. The molecule has 1 atom stereocenters. The predicted octanol–water partition coefficient (Wildman–Crippen LogP) is 0.343. The number of hydrazine groups is 1. The quantitative estimate of drug-likeness (QED) is 0.531. The van der Waals surface area contributed by atoms with Crippen molar-refractivity contribution < 1.29 is 9.84 Å². The van der Waals surface area contributed by atoms with Gasteiger partial charge in [-0.1, -0.05) is 0 Å². The Labute approximate surface area is 107 Å². The smallest absolute Gasteiger partial charge is 0.141 e. The zero-order chi connectivity index (χ0) is 13.2. The number of aromatic nitrogens is 1. The Hall–Kier alpha value is -1.37. The van der Waals surface area contributed by atoms with E-state index < -0.39 is 0 Å². The van der Waals surface area contributed by atoms with Gasteiger partial charge in [-0.2, -0.15) is 0 Å². The molecule has 2 rings (SSSR count). The van der Waals surface area contributed by atoms with E-state index in [0.29, 0.717) is 12.4 Å². The molecule has 0 amide bonds. The van der Waals surface area contributed by atoms with Crippen LogP contribution in [0.5, 0.6) is 0 Å². The lowest BCUT2D eigenvalue weighted by Crippen LogP contribution is -2.54. The third-order valence-electron chi connectivity index (χ3n) is 2.94. The number of nitrogens with one attached hydrogen (secondary N) is 1. The van der Waals surface area contributed by atoms with Crippen LogP contribution >= 0.6 is 0 Å². The van der Waals surface area contributed by atoms with Crippen molar-refractivity contribution >= 4 is 11.5 Å². The van der Waals surface area contributed by atoms with E-state index in [-0.39, 0.29) is 18.3 Å². The molecule has 18 heavy (non-hydrogen) atoms. The Kier molecular flexibility index (Phi) is 3.70. The van der Waals surface area contributed by atoms with E-state index in [2.05, 4.69) is 15.3 Å². The van der Waals surface area contributed by atoms with E-state index in [0.717, 1.165) is 12.2 Å². The van der Waals surface area contributed by atoms with Gasteiger partial charge in [0.05, 0.1) is 18.3 Å². The Morgan fingerprint density at radius 3 is 3.11 bits per heavy atom. The topological polar surface area (TPSA) is 83.6 Å². The van der Waals surface area contributed by atoms with Crippen LogP contribution in [0.3, 0.4) is 0 Å². The van der Waals surface area contributed by atoms with Crippen LogP contribution in [-0.2, 0) is 4.74 Å². The van der Waals surface area contributed by atoms with E-state index in [1.165, 1.54) is 0 Å². The minimum Gasteiger partial charge on any atom is -0.394 e. The fourth-order valence-electron chi connectivity index (χ4n) is 2.28. The van der Waals surface area contributed by atoms with E-state index >= 15 is 0 Å². The van der Waals surface area contributed by atoms with Crippen molar-refractivity contribution in [3.63, 3.8) is 0 Å². The minimum atomic E-state index is -0.286. The molecule has 2 heterocycles. The number of hydrogen-bond donors (Lipinski definition) is 3. The molecule has 1 aliphatic heterocycles. The number of rotatable bonds is 3. The van der Waals surface area contributed by atoms with Gasteiger partial charge >= 0.3 is 0 Å². The number of ether oxygens (including phenoxy) is 1. The first-order valence-electron chi connectivity index (χ1n) is 6.00. The summed E-state index contributed by atoms with van der Waals surface area (Å²) in [4.78, 5) is 6.26. The molecule has 4 N–H and O–H groups in total. The minimum absolute atomic E-state index is 0.0208. The number of nitrogens with two attached hydrogens (primary N) is 1. The summed E-state index contributed by atoms with van der Waals surface area (Å²) in [5.41, 5.74) is 3.27. The molecule has 1 aliphatic rings. The lowest BCUT2D eigenvalue weighted by molar-refractivity contribution is -0.101. The predicted molar refractivity (Wildman–Crippen MR) is 70.3 cm³/mol. The van der Waals surface area contributed by atoms with Crippen molar-refractivity contribution in [3.8, 4) is 0 Å². The van der Waals surface area contributed by atoms with Gasteiger partial charge in [0.1, 0.15) is 5.82 Å². The highest BCUT2D eigenvalue weighted by molar-refractivity contribution is 5.54. The van der Waals surface area contributed by atoms with Gasteiger partial charge < -0.3 is 20.2 Å². The highest BCUT2D eigenvalue weighted by Gasteiger charge is 2.33. The molecule has 6 heteroatoms. The third kappa shape index (κ3) is 2.90. The standard InChI is InChI=1S/C12H20N4O2/c1-12(2)8-16(6-10(7-17)18-12)9-3-4-14-11(5-9)15-13/h3-5,10,17H,6-8,13H2,1-2H3,(H,14,15).